The predicted octanol–water partition coefficient (Wildman–Crippen LogP) is 4.61. The number of rotatable bonds is 12. The first-order valence-corrected chi connectivity index (χ1v) is 13.4. The molecule has 0 aromatic heterocycles. The first-order chi connectivity index (χ1) is 19.9. The van der Waals surface area contributed by atoms with E-state index in [0.29, 0.717) is 17.1 Å². The number of aliphatic hydroxyl groups is 2. The molecule has 0 aliphatic rings. The fourth-order valence-corrected chi connectivity index (χ4v) is 3.98. The van der Waals surface area contributed by atoms with Gasteiger partial charge in [0.15, 0.2) is 0 Å². The maximum atomic E-state index is 13.1. The Morgan fingerprint density at radius 1 is 0.905 bits per heavy atom. The van der Waals surface area contributed by atoms with E-state index in [4.69, 9.17) is 14.6 Å². The molecule has 5 N–H and O–H groups in total. The van der Waals surface area contributed by atoms with E-state index in [0.717, 1.165) is 5.56 Å². The van der Waals surface area contributed by atoms with E-state index >= 15 is 0 Å². The molecular weight excluding hydrogens is 542 g/mol. The Bertz CT molecular complexity index is 1330. The van der Waals surface area contributed by atoms with Crippen LogP contribution in [-0.2, 0) is 11.2 Å². The molecule has 42 heavy (non-hydrogen) atoms. The largest absolute Gasteiger partial charge is 0.491 e. The van der Waals surface area contributed by atoms with Crippen LogP contribution in [0.15, 0.2) is 78.9 Å². The van der Waals surface area contributed by atoms with Crippen molar-refractivity contribution in [1.82, 2.24) is 4.90 Å². The van der Waals surface area contributed by atoms with E-state index < -0.39 is 35.8 Å². The number of nitrogens with zero attached hydrogens (tertiary/aromatic N) is 1. The average molecular weight is 580 g/mol. The second-order valence-corrected chi connectivity index (χ2v) is 10.6. The van der Waals surface area contributed by atoms with Gasteiger partial charge in [-0.05, 0) is 75.2 Å². The molecular formula is C31H37N3O8. The number of anilines is 2. The third-order valence-electron chi connectivity index (χ3n) is 5.92. The van der Waals surface area contributed by atoms with Crippen molar-refractivity contribution in [3.8, 4) is 5.75 Å². The van der Waals surface area contributed by atoms with E-state index in [1.54, 1.807) is 63.2 Å². The van der Waals surface area contributed by atoms with Gasteiger partial charge in [0.25, 0.3) is 0 Å². The molecule has 0 aliphatic carbocycles. The van der Waals surface area contributed by atoms with Gasteiger partial charge in [0.05, 0.1) is 24.8 Å². The van der Waals surface area contributed by atoms with Crippen LogP contribution in [0.1, 0.15) is 36.7 Å². The zero-order chi connectivity index (χ0) is 30.7. The van der Waals surface area contributed by atoms with Crippen LogP contribution >= 0.6 is 0 Å². The third kappa shape index (κ3) is 10.4. The van der Waals surface area contributed by atoms with Crippen LogP contribution in [0.4, 0.5) is 21.0 Å². The lowest BCUT2D eigenvalue weighted by molar-refractivity contribution is -0.00892. The molecule has 0 unspecified atom stereocenters. The van der Waals surface area contributed by atoms with Gasteiger partial charge in [-0.3, -0.25) is 4.90 Å². The van der Waals surface area contributed by atoms with Crippen molar-refractivity contribution < 1.29 is 39.2 Å². The Morgan fingerprint density at radius 2 is 1.57 bits per heavy atom. The number of carbonyl (C=O) groups is 3. The van der Waals surface area contributed by atoms with Crippen LogP contribution in [0.5, 0.6) is 5.75 Å². The van der Waals surface area contributed by atoms with Crippen LogP contribution < -0.4 is 15.4 Å². The van der Waals surface area contributed by atoms with Crippen LogP contribution in [-0.4, -0.2) is 75.8 Å². The summed E-state index contributed by atoms with van der Waals surface area (Å²) in [6, 6.07) is 20.4. The first-order valence-electron chi connectivity index (χ1n) is 13.4. The number of amides is 3. The van der Waals surface area contributed by atoms with Gasteiger partial charge in [-0.25, -0.2) is 14.4 Å². The molecule has 0 saturated heterocycles. The van der Waals surface area contributed by atoms with Crippen molar-refractivity contribution in [2.75, 3.05) is 30.4 Å². The summed E-state index contributed by atoms with van der Waals surface area (Å²) in [5.41, 5.74) is 0.825. The zero-order valence-electron chi connectivity index (χ0n) is 23.8. The van der Waals surface area contributed by atoms with Crippen LogP contribution in [0, 0.1) is 0 Å². The summed E-state index contributed by atoms with van der Waals surface area (Å²) in [6.07, 6.45) is -1.48. The molecule has 0 radical (unpaired) electrons. The quantitative estimate of drug-likeness (QED) is 0.208. The normalized spacial score (nSPS) is 12.5. The van der Waals surface area contributed by atoms with Crippen molar-refractivity contribution in [3.63, 3.8) is 0 Å². The molecule has 2 atom stereocenters. The number of carboxylic acid groups (broad SMARTS) is 1. The zero-order valence-corrected chi connectivity index (χ0v) is 23.8. The number of carboxylic acids is 1. The summed E-state index contributed by atoms with van der Waals surface area (Å²) in [5.74, 6) is -0.522. The van der Waals surface area contributed by atoms with Crippen molar-refractivity contribution in [2.24, 2.45) is 0 Å². The number of para-hydroxylation sites is 1. The molecule has 0 bridgehead atoms. The van der Waals surface area contributed by atoms with Crippen molar-refractivity contribution in [2.45, 2.75) is 44.9 Å². The minimum absolute atomic E-state index is 0.0484. The Morgan fingerprint density at radius 3 is 2.19 bits per heavy atom. The lowest BCUT2D eigenvalue weighted by Gasteiger charge is -2.34. The number of hydrogen-bond acceptors (Lipinski definition) is 7. The van der Waals surface area contributed by atoms with Gasteiger partial charge < -0.3 is 35.4 Å². The summed E-state index contributed by atoms with van der Waals surface area (Å²) in [6.45, 7) is 4.62. The number of carbonyl (C=O) groups excluding carboxylic acids is 2. The highest BCUT2D eigenvalue weighted by Crippen LogP contribution is 2.19. The maximum Gasteiger partial charge on any atom is 0.410 e. The van der Waals surface area contributed by atoms with Gasteiger partial charge in [-0.2, -0.15) is 0 Å². The monoisotopic (exact) mass is 579 g/mol. The topological polar surface area (TPSA) is 158 Å². The first kappa shape index (κ1) is 31.9. The van der Waals surface area contributed by atoms with Crippen molar-refractivity contribution >= 4 is 29.5 Å². The second kappa shape index (κ2) is 14.9. The molecule has 11 heteroatoms. The van der Waals surface area contributed by atoms with Gasteiger partial charge in [0.2, 0.25) is 0 Å². The van der Waals surface area contributed by atoms with E-state index in [1.807, 2.05) is 18.2 Å². The number of ether oxygens (including phenoxy) is 2. The molecule has 224 valence electrons. The smallest absolute Gasteiger partial charge is 0.410 e. The Hall–Kier alpha value is -4.61. The highest BCUT2D eigenvalue weighted by molar-refractivity contribution is 6.00. The Kier molecular flexibility index (Phi) is 11.3. The van der Waals surface area contributed by atoms with E-state index in [2.05, 4.69) is 10.6 Å². The molecule has 11 nitrogen and oxygen atoms in total. The van der Waals surface area contributed by atoms with E-state index in [1.165, 1.54) is 23.1 Å². The standard InChI is InChI=1S/C31H37N3O8/c1-31(2,3)42-30(40)34(18-26(36)20-41-27-10-5-4-6-11-27)25(19-35)16-21-12-14-23(15-13-21)32-29(39)33-24-9-7-8-22(17-24)28(37)38/h4-15,17,25-26,35-36H,16,18-20H2,1-3H3,(H,37,38)(H2,32,33,39)/t25-,26-/m0/s1. The summed E-state index contributed by atoms with van der Waals surface area (Å²) in [7, 11) is 0. The fourth-order valence-electron chi connectivity index (χ4n) is 3.98. The molecule has 0 heterocycles. The second-order valence-electron chi connectivity index (χ2n) is 10.6. The average Bonchev–Trinajstić information content (AvgIpc) is 2.94. The van der Waals surface area contributed by atoms with Gasteiger partial charge in [-0.1, -0.05) is 36.4 Å². The summed E-state index contributed by atoms with van der Waals surface area (Å²) < 4.78 is 11.2. The van der Waals surface area contributed by atoms with Crippen molar-refractivity contribution in [1.29, 1.82) is 0 Å². The lowest BCUT2D eigenvalue weighted by Crippen LogP contribution is -2.50. The summed E-state index contributed by atoms with van der Waals surface area (Å²) >= 11 is 0. The van der Waals surface area contributed by atoms with E-state index in [-0.39, 0.29) is 31.7 Å². The number of aliphatic hydroxyl groups excluding tert-OH is 2. The lowest BCUT2D eigenvalue weighted by atomic mass is 10.0. The highest BCUT2D eigenvalue weighted by atomic mass is 16.6. The fraction of sp³-hybridized carbons (Fsp3) is 0.323. The van der Waals surface area contributed by atoms with Gasteiger partial charge >= 0.3 is 18.1 Å². The Labute approximate surface area is 244 Å². The maximum absolute atomic E-state index is 13.1. The van der Waals surface area contributed by atoms with E-state index in [9.17, 15) is 24.6 Å². The van der Waals surface area contributed by atoms with Gasteiger partial charge in [0, 0.05) is 11.4 Å². The molecule has 0 aliphatic heterocycles. The molecule has 0 saturated carbocycles. The third-order valence-corrected chi connectivity index (χ3v) is 5.92. The van der Waals surface area contributed by atoms with Gasteiger partial charge in [0.1, 0.15) is 24.1 Å². The van der Waals surface area contributed by atoms with Crippen molar-refractivity contribution in [3.05, 3.63) is 90.0 Å². The van der Waals surface area contributed by atoms with Crippen LogP contribution in [0.25, 0.3) is 0 Å². The number of benzene rings is 3. The number of aromatic carboxylic acids is 1. The summed E-state index contributed by atoms with van der Waals surface area (Å²) in [4.78, 5) is 37.9. The van der Waals surface area contributed by atoms with Gasteiger partial charge in [-0.15, -0.1) is 0 Å². The molecule has 0 spiro atoms. The van der Waals surface area contributed by atoms with Crippen LogP contribution in [0.3, 0.4) is 0 Å². The highest BCUT2D eigenvalue weighted by Gasteiger charge is 2.30. The SMILES string of the molecule is CC(C)(C)OC(=O)N(C[C@H](O)COc1ccccc1)[C@H](CO)Cc1ccc(NC(=O)Nc2cccc(C(=O)O)c2)cc1. The molecule has 3 aromatic rings. The molecule has 3 aromatic carbocycles. The Balaban J connectivity index is 1.64. The minimum Gasteiger partial charge on any atom is -0.491 e. The summed E-state index contributed by atoms with van der Waals surface area (Å²) in [5, 5.41) is 35.3. The molecule has 0 fully saturated rings. The number of hydrogen-bond donors (Lipinski definition) is 5. The predicted molar refractivity (Wildman–Crippen MR) is 158 cm³/mol. The van der Waals surface area contributed by atoms with Crippen LogP contribution in [0.2, 0.25) is 0 Å². The molecule has 3 amide bonds. The minimum atomic E-state index is -1.10. The number of nitrogens with one attached hydrogen (secondary N) is 2. The number of urea groups is 1. The molecule has 3 rings (SSSR count).